The molecule has 0 aliphatic heterocycles. The van der Waals surface area contributed by atoms with Gasteiger partial charge in [-0.15, -0.1) is 11.3 Å². The van der Waals surface area contributed by atoms with Gasteiger partial charge >= 0.3 is 6.18 Å². The summed E-state index contributed by atoms with van der Waals surface area (Å²) in [6.45, 7) is 0. The van der Waals surface area contributed by atoms with E-state index in [-0.39, 0.29) is 26.0 Å². The van der Waals surface area contributed by atoms with Gasteiger partial charge in [-0.1, -0.05) is 23.7 Å². The highest BCUT2D eigenvalue weighted by Gasteiger charge is 2.31. The lowest BCUT2D eigenvalue weighted by molar-refractivity contribution is -0.137. The van der Waals surface area contributed by atoms with Crippen molar-refractivity contribution in [3.05, 3.63) is 106 Å². The van der Waals surface area contributed by atoms with E-state index in [9.17, 15) is 39.6 Å². The van der Waals surface area contributed by atoms with Crippen LogP contribution in [0.15, 0.2) is 93.3 Å². The van der Waals surface area contributed by atoms with Gasteiger partial charge in [0.1, 0.15) is 4.21 Å². The molecule has 0 unspecified atom stereocenters. The summed E-state index contributed by atoms with van der Waals surface area (Å²) < 4.78 is 93.9. The summed E-state index contributed by atoms with van der Waals surface area (Å²) in [7, 11) is -8.26. The molecular formula is C25H18ClF3N4O6S3. The van der Waals surface area contributed by atoms with E-state index in [1.165, 1.54) is 42.5 Å². The maximum Gasteiger partial charge on any atom is 0.416 e. The fourth-order valence-electron chi connectivity index (χ4n) is 3.36. The fourth-order valence-corrected chi connectivity index (χ4v) is 6.75. The number of thiophene rings is 1. The van der Waals surface area contributed by atoms with E-state index < -0.39 is 54.2 Å². The quantitative estimate of drug-likeness (QED) is 0.194. The van der Waals surface area contributed by atoms with Gasteiger partial charge in [-0.2, -0.15) is 13.2 Å². The molecule has 0 bridgehead atoms. The molecule has 0 aliphatic rings. The average Bonchev–Trinajstić information content (AvgIpc) is 3.49. The lowest BCUT2D eigenvalue weighted by Crippen LogP contribution is -2.41. The first kappa shape index (κ1) is 30.8. The molecule has 4 rings (SSSR count). The molecule has 1 aromatic heterocycles. The number of halogens is 4. The third-order valence-corrected chi connectivity index (χ3v) is 9.86. The van der Waals surface area contributed by atoms with E-state index in [0.29, 0.717) is 12.1 Å². The number of amides is 2. The number of anilines is 2. The molecule has 0 atom stereocenters. The summed E-state index contributed by atoms with van der Waals surface area (Å²) in [6.07, 6.45) is -4.74. The van der Waals surface area contributed by atoms with Crippen LogP contribution >= 0.6 is 22.9 Å². The second-order valence-corrected chi connectivity index (χ2v) is 13.3. The third-order valence-electron chi connectivity index (χ3n) is 5.39. The first-order valence-corrected chi connectivity index (χ1v) is 15.6. The number of hydrazine groups is 1. The van der Waals surface area contributed by atoms with Crippen molar-refractivity contribution in [1.82, 2.24) is 10.9 Å². The van der Waals surface area contributed by atoms with E-state index in [1.54, 1.807) is 11.4 Å². The molecule has 4 aromatic rings. The molecule has 0 spiro atoms. The van der Waals surface area contributed by atoms with Crippen LogP contribution in [0.3, 0.4) is 0 Å². The average molecular weight is 659 g/mol. The Morgan fingerprint density at radius 3 is 2.02 bits per heavy atom. The summed E-state index contributed by atoms with van der Waals surface area (Å²) in [5, 5.41) is 1.33. The Balaban J connectivity index is 1.40. The Morgan fingerprint density at radius 1 is 0.738 bits per heavy atom. The highest BCUT2D eigenvalue weighted by atomic mass is 35.5. The fraction of sp³-hybridized carbons (Fsp3) is 0.0400. The van der Waals surface area contributed by atoms with Gasteiger partial charge in [-0.25, -0.2) is 16.8 Å². The predicted molar refractivity (Wildman–Crippen MR) is 150 cm³/mol. The number of carbonyl (C=O) groups excluding carboxylic acids is 2. The van der Waals surface area contributed by atoms with Crippen molar-refractivity contribution in [1.29, 1.82) is 0 Å². The summed E-state index contributed by atoms with van der Waals surface area (Å²) >= 11 is 6.91. The van der Waals surface area contributed by atoms with Crippen LogP contribution in [-0.4, -0.2) is 28.6 Å². The van der Waals surface area contributed by atoms with Crippen molar-refractivity contribution in [2.24, 2.45) is 0 Å². The maximum absolute atomic E-state index is 13.0. The molecule has 0 aliphatic carbocycles. The molecule has 0 radical (unpaired) electrons. The van der Waals surface area contributed by atoms with Crippen molar-refractivity contribution in [3.8, 4) is 0 Å². The zero-order valence-corrected chi connectivity index (χ0v) is 24.0. The van der Waals surface area contributed by atoms with E-state index >= 15 is 0 Å². The molecule has 3 aromatic carbocycles. The summed E-state index contributed by atoms with van der Waals surface area (Å²) in [5.41, 5.74) is 2.69. The number of alkyl halides is 3. The number of carbonyl (C=O) groups is 2. The van der Waals surface area contributed by atoms with Gasteiger partial charge in [0.2, 0.25) is 0 Å². The largest absolute Gasteiger partial charge is 0.416 e. The minimum atomic E-state index is -4.74. The Morgan fingerprint density at radius 2 is 1.40 bits per heavy atom. The third kappa shape index (κ3) is 7.39. The normalized spacial score (nSPS) is 11.9. The van der Waals surface area contributed by atoms with Crippen LogP contribution in [0.2, 0.25) is 5.02 Å². The monoisotopic (exact) mass is 658 g/mol. The molecule has 0 fully saturated rings. The number of hydrogen-bond donors (Lipinski definition) is 4. The summed E-state index contributed by atoms with van der Waals surface area (Å²) in [4.78, 5) is 24.6. The number of nitrogens with one attached hydrogen (secondary N) is 4. The van der Waals surface area contributed by atoms with Crippen LogP contribution in [0.1, 0.15) is 26.3 Å². The van der Waals surface area contributed by atoms with Crippen LogP contribution in [0, 0.1) is 0 Å². The van der Waals surface area contributed by atoms with Crippen molar-refractivity contribution in [3.63, 3.8) is 0 Å². The second kappa shape index (κ2) is 12.0. The van der Waals surface area contributed by atoms with Crippen LogP contribution in [-0.2, 0) is 26.2 Å². The van der Waals surface area contributed by atoms with E-state index in [4.69, 9.17) is 11.6 Å². The van der Waals surface area contributed by atoms with Crippen LogP contribution in [0.4, 0.5) is 24.5 Å². The zero-order chi connectivity index (χ0) is 30.7. The Labute approximate surface area is 246 Å². The Kier molecular flexibility index (Phi) is 8.81. The van der Waals surface area contributed by atoms with Crippen LogP contribution < -0.4 is 20.3 Å². The number of hydrogen-bond acceptors (Lipinski definition) is 7. The Hall–Kier alpha value is -4.12. The van der Waals surface area contributed by atoms with Gasteiger partial charge in [0.15, 0.2) is 0 Å². The van der Waals surface area contributed by atoms with E-state index in [1.807, 2.05) is 4.72 Å². The van der Waals surface area contributed by atoms with Crippen LogP contribution in [0.25, 0.3) is 0 Å². The molecule has 220 valence electrons. The first-order chi connectivity index (χ1) is 19.7. The van der Waals surface area contributed by atoms with Crippen molar-refractivity contribution in [2.45, 2.75) is 15.3 Å². The number of sulfonamides is 2. The van der Waals surface area contributed by atoms with Gasteiger partial charge in [0.05, 0.1) is 21.2 Å². The van der Waals surface area contributed by atoms with E-state index in [2.05, 4.69) is 15.6 Å². The Bertz CT molecular complexity index is 1850. The number of benzene rings is 3. The highest BCUT2D eigenvalue weighted by molar-refractivity contribution is 7.94. The predicted octanol–water partition coefficient (Wildman–Crippen LogP) is 5.10. The summed E-state index contributed by atoms with van der Waals surface area (Å²) in [5.74, 6) is -1.67. The molecule has 4 N–H and O–H groups in total. The van der Waals surface area contributed by atoms with Crippen molar-refractivity contribution < 1.29 is 39.6 Å². The lowest BCUT2D eigenvalue weighted by atomic mass is 10.2. The molecule has 2 amide bonds. The lowest BCUT2D eigenvalue weighted by Gasteiger charge is -2.13. The maximum atomic E-state index is 13.0. The molecule has 42 heavy (non-hydrogen) atoms. The summed E-state index contributed by atoms with van der Waals surface area (Å²) in [6, 6.07) is 15.0. The standard InChI is InChI=1S/C25H18ClF3N4O6S3/c26-20-11-8-17(25(27,28)29)14-21(20)33-41(36,37)19-4-1-3-16(13-19)24(35)31-30-23(34)15-6-9-18(10-7-15)32-42(38,39)22-5-2-12-40-22/h1-14,32-33H,(H,30,34)(H,31,35). The molecule has 1 heterocycles. The minimum Gasteiger partial charge on any atom is -0.279 e. The second-order valence-electron chi connectivity index (χ2n) is 8.35. The van der Waals surface area contributed by atoms with Crippen LogP contribution in [0.5, 0.6) is 0 Å². The first-order valence-electron chi connectivity index (χ1n) is 11.4. The molecule has 10 nitrogen and oxygen atoms in total. The molecule has 0 saturated heterocycles. The minimum absolute atomic E-state index is 0.0628. The van der Waals surface area contributed by atoms with Crippen molar-refractivity contribution >= 4 is 66.2 Å². The molecule has 17 heteroatoms. The van der Waals surface area contributed by atoms with Gasteiger partial charge < -0.3 is 0 Å². The zero-order valence-electron chi connectivity index (χ0n) is 20.8. The van der Waals surface area contributed by atoms with Gasteiger partial charge in [0.25, 0.3) is 31.9 Å². The van der Waals surface area contributed by atoms with Gasteiger partial charge in [0, 0.05) is 16.8 Å². The van der Waals surface area contributed by atoms with Gasteiger partial charge in [-0.05, 0) is 72.1 Å². The smallest absolute Gasteiger partial charge is 0.279 e. The SMILES string of the molecule is O=C(NNC(=O)c1cccc(S(=O)(=O)Nc2cc(C(F)(F)F)ccc2Cl)c1)c1ccc(NS(=O)(=O)c2cccs2)cc1. The van der Waals surface area contributed by atoms with Gasteiger partial charge in [-0.3, -0.25) is 29.9 Å². The topological polar surface area (TPSA) is 151 Å². The van der Waals surface area contributed by atoms with Crippen molar-refractivity contribution in [2.75, 3.05) is 9.44 Å². The number of rotatable bonds is 8. The molecular weight excluding hydrogens is 641 g/mol. The van der Waals surface area contributed by atoms with E-state index in [0.717, 1.165) is 29.5 Å². The highest BCUT2D eigenvalue weighted by Crippen LogP contribution is 2.34. The molecule has 0 saturated carbocycles.